The summed E-state index contributed by atoms with van der Waals surface area (Å²) < 4.78 is 10.6. The van der Waals surface area contributed by atoms with E-state index >= 15 is 0 Å². The van der Waals surface area contributed by atoms with Crippen LogP contribution >= 0.6 is 0 Å². The first-order valence-electron chi connectivity index (χ1n) is 8.22. The smallest absolute Gasteiger partial charge is 0.258 e. The van der Waals surface area contributed by atoms with Crippen molar-refractivity contribution >= 4 is 11.7 Å². The van der Waals surface area contributed by atoms with Gasteiger partial charge in [-0.3, -0.25) is 9.59 Å². The van der Waals surface area contributed by atoms with Crippen LogP contribution in [0.25, 0.3) is 0 Å². The molecule has 0 aromatic heterocycles. The molecule has 5 heteroatoms. The van der Waals surface area contributed by atoms with E-state index in [1.54, 1.807) is 31.4 Å². The van der Waals surface area contributed by atoms with Crippen LogP contribution in [0.2, 0.25) is 0 Å². The first kappa shape index (κ1) is 18.7. The van der Waals surface area contributed by atoms with Crippen LogP contribution in [0.15, 0.2) is 48.5 Å². The fraction of sp³-hybridized carbons (Fsp3) is 0.300. The Hall–Kier alpha value is -2.66. The molecule has 0 fully saturated rings. The molecule has 0 aliphatic carbocycles. The van der Waals surface area contributed by atoms with Crippen molar-refractivity contribution in [1.29, 1.82) is 0 Å². The predicted octanol–water partition coefficient (Wildman–Crippen LogP) is 3.12. The van der Waals surface area contributed by atoms with E-state index in [1.807, 2.05) is 31.2 Å². The normalized spacial score (nSPS) is 10.3. The lowest BCUT2D eigenvalue weighted by Crippen LogP contribution is -2.28. The number of nitrogens with one attached hydrogen (secondary N) is 1. The maximum atomic E-state index is 12.0. The highest BCUT2D eigenvalue weighted by molar-refractivity contribution is 5.95. The van der Waals surface area contributed by atoms with E-state index in [9.17, 15) is 9.59 Å². The molecule has 0 aliphatic heterocycles. The molecular weight excluding hydrogens is 318 g/mol. The number of hydrogen-bond acceptors (Lipinski definition) is 4. The van der Waals surface area contributed by atoms with Gasteiger partial charge in [-0.25, -0.2) is 0 Å². The SMILES string of the molecule is CCC(=O)c1ccc(OCC(=O)NCc2ccccc2COC)cc1. The predicted molar refractivity (Wildman–Crippen MR) is 95.6 cm³/mol. The van der Waals surface area contributed by atoms with Crippen LogP contribution < -0.4 is 10.1 Å². The van der Waals surface area contributed by atoms with Gasteiger partial charge < -0.3 is 14.8 Å². The standard InChI is InChI=1S/C20H23NO4/c1-3-19(22)15-8-10-18(11-9-15)25-14-20(23)21-12-16-6-4-5-7-17(16)13-24-2/h4-11H,3,12-14H2,1-2H3,(H,21,23). The number of methoxy groups -OCH3 is 1. The highest BCUT2D eigenvalue weighted by atomic mass is 16.5. The quantitative estimate of drug-likeness (QED) is 0.712. The molecule has 0 atom stereocenters. The van der Waals surface area contributed by atoms with Gasteiger partial charge in [-0.1, -0.05) is 31.2 Å². The number of ether oxygens (including phenoxy) is 2. The summed E-state index contributed by atoms with van der Waals surface area (Å²) in [4.78, 5) is 23.5. The molecule has 0 aliphatic rings. The summed E-state index contributed by atoms with van der Waals surface area (Å²) in [5.41, 5.74) is 2.71. The Morgan fingerprint density at radius 2 is 1.68 bits per heavy atom. The maximum absolute atomic E-state index is 12.0. The molecule has 2 aromatic rings. The van der Waals surface area contributed by atoms with Crippen LogP contribution in [0.4, 0.5) is 0 Å². The van der Waals surface area contributed by atoms with Crippen molar-refractivity contribution in [3.05, 3.63) is 65.2 Å². The molecule has 0 bridgehead atoms. The van der Waals surface area contributed by atoms with E-state index in [1.165, 1.54) is 0 Å². The van der Waals surface area contributed by atoms with Crippen LogP contribution in [0, 0.1) is 0 Å². The monoisotopic (exact) mass is 341 g/mol. The first-order valence-corrected chi connectivity index (χ1v) is 8.22. The van der Waals surface area contributed by atoms with E-state index < -0.39 is 0 Å². The fourth-order valence-electron chi connectivity index (χ4n) is 2.36. The molecule has 2 aromatic carbocycles. The van der Waals surface area contributed by atoms with Gasteiger partial charge in [-0.2, -0.15) is 0 Å². The number of Topliss-reactive ketones (excluding diaryl/α,β-unsaturated/α-hetero) is 1. The molecule has 0 spiro atoms. The van der Waals surface area contributed by atoms with E-state index in [0.717, 1.165) is 11.1 Å². The zero-order chi connectivity index (χ0) is 18.1. The maximum Gasteiger partial charge on any atom is 0.258 e. The number of amides is 1. The fourth-order valence-corrected chi connectivity index (χ4v) is 2.36. The molecule has 2 rings (SSSR count). The summed E-state index contributed by atoms with van der Waals surface area (Å²) in [6.07, 6.45) is 0.465. The zero-order valence-corrected chi connectivity index (χ0v) is 14.6. The van der Waals surface area contributed by atoms with Crippen molar-refractivity contribution in [2.75, 3.05) is 13.7 Å². The Bertz CT molecular complexity index is 710. The van der Waals surface area contributed by atoms with E-state index in [0.29, 0.717) is 30.9 Å². The highest BCUT2D eigenvalue weighted by Crippen LogP contribution is 2.13. The first-order chi connectivity index (χ1) is 12.1. The van der Waals surface area contributed by atoms with E-state index in [2.05, 4.69) is 5.32 Å². The summed E-state index contributed by atoms with van der Waals surface area (Å²) in [5, 5.41) is 2.83. The lowest BCUT2D eigenvalue weighted by Gasteiger charge is -2.11. The van der Waals surface area contributed by atoms with Gasteiger partial charge in [0.15, 0.2) is 12.4 Å². The van der Waals surface area contributed by atoms with Gasteiger partial charge in [0.25, 0.3) is 5.91 Å². The minimum absolute atomic E-state index is 0.0759. The molecule has 0 unspecified atom stereocenters. The van der Waals surface area contributed by atoms with Gasteiger partial charge in [0.05, 0.1) is 6.61 Å². The zero-order valence-electron chi connectivity index (χ0n) is 14.6. The van der Waals surface area contributed by atoms with Gasteiger partial charge in [-0.05, 0) is 35.4 Å². The summed E-state index contributed by atoms with van der Waals surface area (Å²) in [7, 11) is 1.64. The number of carbonyl (C=O) groups is 2. The summed E-state index contributed by atoms with van der Waals surface area (Å²) in [6, 6.07) is 14.6. The Balaban J connectivity index is 1.82. The molecule has 0 heterocycles. The highest BCUT2D eigenvalue weighted by Gasteiger charge is 2.07. The third kappa shape index (κ3) is 5.72. The molecule has 1 N–H and O–H groups in total. The van der Waals surface area contributed by atoms with Crippen LogP contribution in [0.5, 0.6) is 5.75 Å². The lowest BCUT2D eigenvalue weighted by molar-refractivity contribution is -0.123. The molecular formula is C20H23NO4. The number of rotatable bonds is 9. The minimum atomic E-state index is -0.207. The van der Waals surface area contributed by atoms with Gasteiger partial charge >= 0.3 is 0 Å². The molecule has 0 saturated carbocycles. The van der Waals surface area contributed by atoms with Gasteiger partial charge in [-0.15, -0.1) is 0 Å². The molecule has 1 amide bonds. The lowest BCUT2D eigenvalue weighted by atomic mass is 10.1. The van der Waals surface area contributed by atoms with E-state index in [-0.39, 0.29) is 18.3 Å². The second-order valence-electron chi connectivity index (χ2n) is 5.57. The molecule has 25 heavy (non-hydrogen) atoms. The van der Waals surface area contributed by atoms with Crippen molar-refractivity contribution < 1.29 is 19.1 Å². The average molecular weight is 341 g/mol. The summed E-state index contributed by atoms with van der Waals surface area (Å²) in [6.45, 7) is 2.67. The third-order valence-electron chi connectivity index (χ3n) is 3.76. The van der Waals surface area contributed by atoms with Crippen LogP contribution in [-0.4, -0.2) is 25.4 Å². The van der Waals surface area contributed by atoms with Crippen molar-refractivity contribution in [2.24, 2.45) is 0 Å². The minimum Gasteiger partial charge on any atom is -0.484 e. The van der Waals surface area contributed by atoms with Crippen LogP contribution in [0.1, 0.15) is 34.8 Å². The Kier molecular flexibility index (Phi) is 7.16. The Morgan fingerprint density at radius 1 is 1.00 bits per heavy atom. The van der Waals surface area contributed by atoms with Gasteiger partial charge in [0.1, 0.15) is 5.75 Å². The largest absolute Gasteiger partial charge is 0.484 e. The summed E-state index contributed by atoms with van der Waals surface area (Å²) in [5.74, 6) is 0.433. The number of hydrogen-bond donors (Lipinski definition) is 1. The molecule has 0 saturated heterocycles. The summed E-state index contributed by atoms with van der Waals surface area (Å²) >= 11 is 0. The van der Waals surface area contributed by atoms with Gasteiger partial charge in [0, 0.05) is 25.6 Å². The molecule has 132 valence electrons. The number of carbonyl (C=O) groups excluding carboxylic acids is 2. The van der Waals surface area contributed by atoms with E-state index in [4.69, 9.17) is 9.47 Å². The molecule has 0 radical (unpaired) electrons. The average Bonchev–Trinajstić information content (AvgIpc) is 2.65. The van der Waals surface area contributed by atoms with Crippen molar-refractivity contribution in [1.82, 2.24) is 5.32 Å². The van der Waals surface area contributed by atoms with Gasteiger partial charge in [0.2, 0.25) is 0 Å². The number of benzene rings is 2. The third-order valence-corrected chi connectivity index (χ3v) is 3.76. The second kappa shape index (κ2) is 9.59. The Morgan fingerprint density at radius 3 is 2.32 bits per heavy atom. The van der Waals surface area contributed by atoms with Crippen LogP contribution in [-0.2, 0) is 22.7 Å². The second-order valence-corrected chi connectivity index (χ2v) is 5.57. The number of ketones is 1. The van der Waals surface area contributed by atoms with Crippen molar-refractivity contribution in [2.45, 2.75) is 26.5 Å². The van der Waals surface area contributed by atoms with Crippen molar-refractivity contribution in [3.8, 4) is 5.75 Å². The molecule has 5 nitrogen and oxygen atoms in total. The topological polar surface area (TPSA) is 64.6 Å². The van der Waals surface area contributed by atoms with Crippen molar-refractivity contribution in [3.63, 3.8) is 0 Å². The van der Waals surface area contributed by atoms with Crippen LogP contribution in [0.3, 0.4) is 0 Å². The Labute approximate surface area is 148 Å².